The Kier molecular flexibility index (Phi) is 6.04. The van der Waals surface area contributed by atoms with E-state index in [0.717, 1.165) is 18.2 Å². The van der Waals surface area contributed by atoms with E-state index in [9.17, 15) is 8.42 Å². The van der Waals surface area contributed by atoms with Crippen LogP contribution in [0.25, 0.3) is 0 Å². The van der Waals surface area contributed by atoms with Gasteiger partial charge in [0, 0.05) is 22.9 Å². The molecule has 0 spiro atoms. The summed E-state index contributed by atoms with van der Waals surface area (Å²) in [4.78, 5) is 0.333. The van der Waals surface area contributed by atoms with E-state index < -0.39 is 10.0 Å². The number of hydrogen-bond acceptors (Lipinski definition) is 3. The molecule has 1 aliphatic rings. The number of rotatable bonds is 5. The van der Waals surface area contributed by atoms with Gasteiger partial charge < -0.3 is 4.74 Å². The molecule has 2 rings (SSSR count). The number of ether oxygens (including phenoxy) is 1. The first-order valence-corrected chi connectivity index (χ1v) is 9.83. The Morgan fingerprint density at radius 1 is 1.25 bits per heavy atom. The topological polar surface area (TPSA) is 46.6 Å². The van der Waals surface area contributed by atoms with Crippen LogP contribution in [0.15, 0.2) is 33.6 Å². The van der Waals surface area contributed by atoms with Crippen molar-refractivity contribution in [3.05, 3.63) is 28.7 Å². The van der Waals surface area contributed by atoms with Crippen molar-refractivity contribution in [2.75, 3.05) is 25.0 Å². The second kappa shape index (κ2) is 7.35. The third-order valence-electron chi connectivity index (χ3n) is 3.29. The summed E-state index contributed by atoms with van der Waals surface area (Å²) in [6.07, 6.45) is 1.66. The minimum atomic E-state index is -3.41. The Bertz CT molecular complexity index is 542. The molecular formula is C13H17Br2NO3S. The molecule has 0 N–H and O–H groups in total. The van der Waals surface area contributed by atoms with Gasteiger partial charge in [-0.1, -0.05) is 28.1 Å². The third kappa shape index (κ3) is 3.82. The van der Waals surface area contributed by atoms with E-state index in [1.54, 1.807) is 22.5 Å². The maximum absolute atomic E-state index is 12.6. The smallest absolute Gasteiger partial charge is 0.244 e. The van der Waals surface area contributed by atoms with E-state index in [0.29, 0.717) is 29.1 Å². The van der Waals surface area contributed by atoms with Gasteiger partial charge in [-0.2, -0.15) is 4.31 Å². The molecule has 1 aromatic carbocycles. The predicted octanol–water partition coefficient (Wildman–Crippen LogP) is 3.01. The maximum Gasteiger partial charge on any atom is 0.244 e. The summed E-state index contributed by atoms with van der Waals surface area (Å²) in [5, 5.41) is 0.808. The van der Waals surface area contributed by atoms with Gasteiger partial charge in [-0.15, -0.1) is 0 Å². The molecule has 1 saturated heterocycles. The zero-order valence-electron chi connectivity index (χ0n) is 11.0. The monoisotopic (exact) mass is 425 g/mol. The second-order valence-electron chi connectivity index (χ2n) is 4.59. The normalized spacial score (nSPS) is 18.3. The van der Waals surface area contributed by atoms with Crippen molar-refractivity contribution < 1.29 is 13.2 Å². The molecule has 112 valence electrons. The van der Waals surface area contributed by atoms with Gasteiger partial charge in [0.2, 0.25) is 10.0 Å². The first kappa shape index (κ1) is 16.4. The van der Waals surface area contributed by atoms with Crippen LogP contribution in [0.1, 0.15) is 12.8 Å². The minimum absolute atomic E-state index is 0.165. The van der Waals surface area contributed by atoms with Crippen molar-refractivity contribution in [3.63, 3.8) is 0 Å². The molecule has 1 fully saturated rings. The number of alkyl halides is 1. The zero-order valence-corrected chi connectivity index (χ0v) is 15.0. The van der Waals surface area contributed by atoms with Crippen LogP contribution in [0.2, 0.25) is 0 Å². The summed E-state index contributed by atoms with van der Waals surface area (Å²) in [5.74, 6) is 0. The van der Waals surface area contributed by atoms with Crippen LogP contribution in [0.3, 0.4) is 0 Å². The second-order valence-corrected chi connectivity index (χ2v) is 8.15. The molecule has 1 aromatic rings. The Labute approximate surface area is 136 Å². The zero-order chi connectivity index (χ0) is 14.6. The van der Waals surface area contributed by atoms with Gasteiger partial charge in [0.1, 0.15) is 0 Å². The van der Waals surface area contributed by atoms with E-state index in [1.165, 1.54) is 0 Å². The lowest BCUT2D eigenvalue weighted by Gasteiger charge is -2.31. The van der Waals surface area contributed by atoms with Crippen molar-refractivity contribution in [3.8, 4) is 0 Å². The lowest BCUT2D eigenvalue weighted by atomic mass is 10.1. The first-order valence-electron chi connectivity index (χ1n) is 6.48. The number of hydrogen-bond donors (Lipinski definition) is 0. The number of halogens is 2. The molecule has 1 aliphatic heterocycles. The van der Waals surface area contributed by atoms with Crippen molar-refractivity contribution in [1.82, 2.24) is 4.31 Å². The first-order chi connectivity index (χ1) is 9.55. The molecule has 0 radical (unpaired) electrons. The SMILES string of the molecule is O=S(=O)(c1ccccc1Br)N1CCC(OCCBr)CC1. The molecule has 0 unspecified atom stereocenters. The van der Waals surface area contributed by atoms with Gasteiger partial charge >= 0.3 is 0 Å². The standard InChI is InChI=1S/C13H17Br2NO3S/c14-7-10-19-11-5-8-16(9-6-11)20(17,18)13-4-2-1-3-12(13)15/h1-4,11H,5-10H2. The average molecular weight is 427 g/mol. The van der Waals surface area contributed by atoms with Crippen LogP contribution in [0, 0.1) is 0 Å². The molecule has 20 heavy (non-hydrogen) atoms. The maximum atomic E-state index is 12.6. The van der Waals surface area contributed by atoms with Crippen LogP contribution < -0.4 is 0 Å². The van der Waals surface area contributed by atoms with Crippen molar-refractivity contribution >= 4 is 41.9 Å². The van der Waals surface area contributed by atoms with E-state index in [1.807, 2.05) is 6.07 Å². The van der Waals surface area contributed by atoms with E-state index in [2.05, 4.69) is 31.9 Å². The molecule has 7 heteroatoms. The highest BCUT2D eigenvalue weighted by Crippen LogP contribution is 2.27. The highest BCUT2D eigenvalue weighted by atomic mass is 79.9. The van der Waals surface area contributed by atoms with Crippen LogP contribution in [-0.2, 0) is 14.8 Å². The predicted molar refractivity (Wildman–Crippen MR) is 85.7 cm³/mol. The van der Waals surface area contributed by atoms with Crippen molar-refractivity contribution in [2.45, 2.75) is 23.8 Å². The molecule has 0 atom stereocenters. The molecule has 4 nitrogen and oxygen atoms in total. The van der Waals surface area contributed by atoms with Gasteiger partial charge in [0.15, 0.2) is 0 Å². The summed E-state index contributed by atoms with van der Waals surface area (Å²) < 4.78 is 32.9. The fraction of sp³-hybridized carbons (Fsp3) is 0.538. The molecule has 0 saturated carbocycles. The average Bonchev–Trinajstić information content (AvgIpc) is 2.46. The highest BCUT2D eigenvalue weighted by molar-refractivity contribution is 9.10. The Hall–Kier alpha value is 0.0500. The Morgan fingerprint density at radius 3 is 2.50 bits per heavy atom. The van der Waals surface area contributed by atoms with Crippen molar-refractivity contribution in [1.29, 1.82) is 0 Å². The van der Waals surface area contributed by atoms with Crippen LogP contribution in [0.5, 0.6) is 0 Å². The summed E-state index contributed by atoms with van der Waals surface area (Å²) in [6.45, 7) is 1.69. The summed E-state index contributed by atoms with van der Waals surface area (Å²) in [6, 6.07) is 6.93. The fourth-order valence-corrected chi connectivity index (χ4v) is 4.86. The van der Waals surface area contributed by atoms with Gasteiger partial charge in [0.05, 0.1) is 17.6 Å². The van der Waals surface area contributed by atoms with Crippen molar-refractivity contribution in [2.24, 2.45) is 0 Å². The van der Waals surface area contributed by atoms with Crippen LogP contribution in [0.4, 0.5) is 0 Å². The molecule has 0 aliphatic carbocycles. The summed E-state index contributed by atoms with van der Waals surface area (Å²) in [7, 11) is -3.41. The van der Waals surface area contributed by atoms with E-state index in [4.69, 9.17) is 4.74 Å². The fourth-order valence-electron chi connectivity index (χ4n) is 2.24. The molecule has 0 bridgehead atoms. The Balaban J connectivity index is 2.04. The largest absolute Gasteiger partial charge is 0.377 e. The highest BCUT2D eigenvalue weighted by Gasteiger charge is 2.30. The van der Waals surface area contributed by atoms with Gasteiger partial charge in [-0.25, -0.2) is 8.42 Å². The minimum Gasteiger partial charge on any atom is -0.377 e. The lowest BCUT2D eigenvalue weighted by Crippen LogP contribution is -2.41. The number of piperidine rings is 1. The quantitative estimate of drug-likeness (QED) is 0.680. The van der Waals surface area contributed by atoms with Gasteiger partial charge in [-0.3, -0.25) is 0 Å². The Morgan fingerprint density at radius 2 is 1.90 bits per heavy atom. The van der Waals surface area contributed by atoms with Crippen LogP contribution in [-0.4, -0.2) is 43.9 Å². The number of benzene rings is 1. The number of nitrogens with zero attached hydrogens (tertiary/aromatic N) is 1. The number of sulfonamides is 1. The van der Waals surface area contributed by atoms with Gasteiger partial charge in [0.25, 0.3) is 0 Å². The molecule has 0 amide bonds. The summed E-state index contributed by atoms with van der Waals surface area (Å²) >= 11 is 6.63. The summed E-state index contributed by atoms with van der Waals surface area (Å²) in [5.41, 5.74) is 0. The van der Waals surface area contributed by atoms with Gasteiger partial charge in [-0.05, 0) is 40.9 Å². The van der Waals surface area contributed by atoms with E-state index >= 15 is 0 Å². The molecule has 1 heterocycles. The molecular weight excluding hydrogens is 410 g/mol. The third-order valence-corrected chi connectivity index (χ3v) is 6.52. The van der Waals surface area contributed by atoms with Crippen LogP contribution >= 0.6 is 31.9 Å². The molecule has 0 aromatic heterocycles. The lowest BCUT2D eigenvalue weighted by molar-refractivity contribution is 0.0309. The van der Waals surface area contributed by atoms with E-state index in [-0.39, 0.29) is 6.10 Å².